The van der Waals surface area contributed by atoms with Gasteiger partial charge < -0.3 is 10.6 Å². The van der Waals surface area contributed by atoms with Gasteiger partial charge in [-0.15, -0.1) is 0 Å². The summed E-state index contributed by atoms with van der Waals surface area (Å²) in [5.74, 6) is 0.846. The Labute approximate surface area is 94.6 Å². The molecule has 2 N–H and O–H groups in total. The molecule has 0 aliphatic heterocycles. The van der Waals surface area contributed by atoms with E-state index < -0.39 is 0 Å². The van der Waals surface area contributed by atoms with Crippen LogP contribution in [0.25, 0.3) is 0 Å². The Morgan fingerprint density at radius 2 is 2.20 bits per heavy atom. The van der Waals surface area contributed by atoms with E-state index >= 15 is 0 Å². The Bertz CT molecular complexity index is 317. The van der Waals surface area contributed by atoms with E-state index in [1.165, 1.54) is 6.07 Å². The lowest BCUT2D eigenvalue weighted by molar-refractivity contribution is 0.342. The Balaban J connectivity index is 2.56. The van der Waals surface area contributed by atoms with E-state index in [4.69, 9.17) is 5.73 Å². The monoisotopic (exact) mass is 228 g/mol. The van der Waals surface area contributed by atoms with E-state index in [9.17, 15) is 4.39 Å². The maximum Gasteiger partial charge on any atom is 0.129 e. The number of nitrogen functional groups attached to an aromatic ring is 1. The SMILES string of the molecule is CSCCN(C)Cc1ccc(N)cc1F. The Kier molecular flexibility index (Phi) is 4.91. The van der Waals surface area contributed by atoms with E-state index in [1.54, 1.807) is 23.9 Å². The molecule has 0 saturated heterocycles. The van der Waals surface area contributed by atoms with Gasteiger partial charge in [0.2, 0.25) is 0 Å². The number of halogens is 1. The molecule has 0 unspecified atom stereocenters. The fourth-order valence-electron chi connectivity index (χ4n) is 1.31. The summed E-state index contributed by atoms with van der Waals surface area (Å²) in [6.45, 7) is 1.59. The van der Waals surface area contributed by atoms with Crippen LogP contribution in [-0.4, -0.2) is 30.5 Å². The lowest BCUT2D eigenvalue weighted by Crippen LogP contribution is -2.21. The van der Waals surface area contributed by atoms with Crippen molar-refractivity contribution in [2.24, 2.45) is 0 Å². The van der Waals surface area contributed by atoms with Crippen molar-refractivity contribution in [3.05, 3.63) is 29.6 Å². The third-order valence-electron chi connectivity index (χ3n) is 2.19. The molecule has 1 rings (SSSR count). The zero-order valence-electron chi connectivity index (χ0n) is 9.16. The first-order valence-electron chi connectivity index (χ1n) is 4.85. The zero-order chi connectivity index (χ0) is 11.3. The summed E-state index contributed by atoms with van der Waals surface area (Å²) in [4.78, 5) is 2.10. The van der Waals surface area contributed by atoms with Gasteiger partial charge in [0.15, 0.2) is 0 Å². The second kappa shape index (κ2) is 5.98. The highest BCUT2D eigenvalue weighted by Gasteiger charge is 2.05. The Morgan fingerprint density at radius 1 is 1.47 bits per heavy atom. The Hall–Kier alpha value is -0.740. The number of hydrogen-bond donors (Lipinski definition) is 1. The molecular formula is C11H17FN2S. The summed E-state index contributed by atoms with van der Waals surface area (Å²) in [5, 5.41) is 0. The average Bonchev–Trinajstić information content (AvgIpc) is 2.19. The molecule has 0 bridgehead atoms. The first kappa shape index (κ1) is 12.3. The molecule has 0 aromatic heterocycles. The van der Waals surface area contributed by atoms with Gasteiger partial charge in [-0.25, -0.2) is 4.39 Å². The number of rotatable bonds is 5. The lowest BCUT2D eigenvalue weighted by Gasteiger charge is -2.16. The third kappa shape index (κ3) is 4.10. The summed E-state index contributed by atoms with van der Waals surface area (Å²) in [5.41, 5.74) is 6.66. The van der Waals surface area contributed by atoms with Gasteiger partial charge >= 0.3 is 0 Å². The van der Waals surface area contributed by atoms with Gasteiger partial charge in [0.05, 0.1) is 0 Å². The predicted molar refractivity (Wildman–Crippen MR) is 65.5 cm³/mol. The smallest absolute Gasteiger partial charge is 0.129 e. The number of hydrogen-bond acceptors (Lipinski definition) is 3. The normalized spacial score (nSPS) is 10.9. The molecule has 2 nitrogen and oxygen atoms in total. The molecule has 15 heavy (non-hydrogen) atoms. The van der Waals surface area contributed by atoms with Crippen molar-refractivity contribution in [3.63, 3.8) is 0 Å². The first-order chi connectivity index (χ1) is 7.13. The predicted octanol–water partition coefficient (Wildman–Crippen LogP) is 2.20. The van der Waals surface area contributed by atoms with Gasteiger partial charge in [0, 0.05) is 30.1 Å². The highest BCUT2D eigenvalue weighted by atomic mass is 32.2. The Morgan fingerprint density at radius 3 is 2.80 bits per heavy atom. The van der Waals surface area contributed by atoms with Crippen LogP contribution in [0.1, 0.15) is 5.56 Å². The fraction of sp³-hybridized carbons (Fsp3) is 0.455. The molecule has 0 fully saturated rings. The van der Waals surface area contributed by atoms with Crippen LogP contribution in [0.2, 0.25) is 0 Å². The zero-order valence-corrected chi connectivity index (χ0v) is 9.98. The van der Waals surface area contributed by atoms with Crippen LogP contribution < -0.4 is 5.73 Å². The van der Waals surface area contributed by atoms with Crippen LogP contribution in [0.4, 0.5) is 10.1 Å². The number of nitrogens with zero attached hydrogens (tertiary/aromatic N) is 1. The van der Waals surface area contributed by atoms with E-state index in [2.05, 4.69) is 11.2 Å². The lowest BCUT2D eigenvalue weighted by atomic mass is 10.2. The number of benzene rings is 1. The maximum atomic E-state index is 13.4. The first-order valence-corrected chi connectivity index (χ1v) is 6.24. The van der Waals surface area contributed by atoms with Gasteiger partial charge in [0.25, 0.3) is 0 Å². The summed E-state index contributed by atoms with van der Waals surface area (Å²) in [6.07, 6.45) is 2.07. The van der Waals surface area contributed by atoms with Crippen molar-refractivity contribution < 1.29 is 4.39 Å². The van der Waals surface area contributed by atoms with Crippen LogP contribution in [0.3, 0.4) is 0 Å². The molecule has 0 spiro atoms. The van der Waals surface area contributed by atoms with Crippen LogP contribution >= 0.6 is 11.8 Å². The molecule has 84 valence electrons. The van der Waals surface area contributed by atoms with Crippen LogP contribution in [0.15, 0.2) is 18.2 Å². The fourth-order valence-corrected chi connectivity index (χ4v) is 1.80. The van der Waals surface area contributed by atoms with Crippen LogP contribution in [0, 0.1) is 5.82 Å². The van der Waals surface area contributed by atoms with Crippen LogP contribution in [-0.2, 0) is 6.54 Å². The molecule has 0 atom stereocenters. The van der Waals surface area contributed by atoms with Crippen molar-refractivity contribution in [1.29, 1.82) is 0 Å². The molecule has 0 saturated carbocycles. The van der Waals surface area contributed by atoms with Gasteiger partial charge in [-0.1, -0.05) is 6.07 Å². The van der Waals surface area contributed by atoms with Gasteiger partial charge in [-0.2, -0.15) is 11.8 Å². The third-order valence-corrected chi connectivity index (χ3v) is 2.79. The minimum absolute atomic E-state index is 0.217. The van der Waals surface area contributed by atoms with Gasteiger partial charge in [-0.05, 0) is 25.4 Å². The van der Waals surface area contributed by atoms with Crippen molar-refractivity contribution in [1.82, 2.24) is 4.90 Å². The minimum Gasteiger partial charge on any atom is -0.399 e. The van der Waals surface area contributed by atoms with Crippen molar-refractivity contribution in [2.75, 3.05) is 31.3 Å². The van der Waals surface area contributed by atoms with E-state index in [0.29, 0.717) is 17.8 Å². The minimum atomic E-state index is -0.217. The second-order valence-corrected chi connectivity index (χ2v) is 4.57. The summed E-state index contributed by atoms with van der Waals surface area (Å²) >= 11 is 1.79. The quantitative estimate of drug-likeness (QED) is 0.783. The van der Waals surface area contributed by atoms with E-state index in [1.807, 2.05) is 7.05 Å². The van der Waals surface area contributed by atoms with E-state index in [-0.39, 0.29) is 5.82 Å². The highest BCUT2D eigenvalue weighted by Crippen LogP contribution is 2.13. The molecule has 0 radical (unpaired) electrons. The van der Waals surface area contributed by atoms with Crippen molar-refractivity contribution in [2.45, 2.75) is 6.54 Å². The largest absolute Gasteiger partial charge is 0.399 e. The van der Waals surface area contributed by atoms with E-state index in [0.717, 1.165) is 12.3 Å². The maximum absolute atomic E-state index is 13.4. The summed E-state index contributed by atoms with van der Waals surface area (Å²) in [7, 11) is 1.99. The topological polar surface area (TPSA) is 29.3 Å². The van der Waals surface area contributed by atoms with Crippen molar-refractivity contribution in [3.8, 4) is 0 Å². The summed E-state index contributed by atoms with van der Waals surface area (Å²) < 4.78 is 13.4. The molecule has 0 aliphatic carbocycles. The number of thioether (sulfide) groups is 1. The second-order valence-electron chi connectivity index (χ2n) is 3.58. The highest BCUT2D eigenvalue weighted by molar-refractivity contribution is 7.98. The summed E-state index contributed by atoms with van der Waals surface area (Å²) in [6, 6.07) is 4.86. The molecule has 0 heterocycles. The van der Waals surface area contributed by atoms with Gasteiger partial charge in [-0.3, -0.25) is 0 Å². The number of nitrogens with two attached hydrogens (primary N) is 1. The average molecular weight is 228 g/mol. The molecule has 0 aliphatic rings. The van der Waals surface area contributed by atoms with Crippen LogP contribution in [0.5, 0.6) is 0 Å². The van der Waals surface area contributed by atoms with Gasteiger partial charge in [0.1, 0.15) is 5.82 Å². The standard InChI is InChI=1S/C11H17FN2S/c1-14(5-6-15-2)8-9-3-4-10(13)7-11(9)12/h3-4,7H,5-6,8,13H2,1-2H3. The molecule has 0 amide bonds. The number of anilines is 1. The molecule has 4 heteroatoms. The molecule has 1 aromatic rings. The molecular weight excluding hydrogens is 211 g/mol. The van der Waals surface area contributed by atoms with Crippen molar-refractivity contribution >= 4 is 17.4 Å². The molecule has 1 aromatic carbocycles.